The Morgan fingerprint density at radius 3 is 2.47 bits per heavy atom. The van der Waals surface area contributed by atoms with Gasteiger partial charge in [0, 0.05) is 17.8 Å². The number of fused-ring (bicyclic) bond motifs is 1. The number of nitrogens with one attached hydrogen (secondary N) is 3. The summed E-state index contributed by atoms with van der Waals surface area (Å²) in [5, 5.41) is 7.51. The summed E-state index contributed by atoms with van der Waals surface area (Å²) in [6, 6.07) is 10.4. The van der Waals surface area contributed by atoms with E-state index in [9.17, 15) is 24.0 Å². The largest absolute Gasteiger partial charge is 0.322 e. The summed E-state index contributed by atoms with van der Waals surface area (Å²) in [5.41, 5.74) is 0.395. The molecular formula is C23H22N4O5. The molecule has 0 spiro atoms. The molecule has 2 aliphatic rings. The van der Waals surface area contributed by atoms with Gasteiger partial charge in [0.1, 0.15) is 5.54 Å². The van der Waals surface area contributed by atoms with E-state index < -0.39 is 29.3 Å². The van der Waals surface area contributed by atoms with Gasteiger partial charge in [0.25, 0.3) is 23.6 Å². The number of hydrogen-bond donors (Lipinski definition) is 3. The van der Waals surface area contributed by atoms with Crippen molar-refractivity contribution >= 4 is 35.3 Å². The van der Waals surface area contributed by atoms with E-state index in [-0.39, 0.29) is 17.0 Å². The predicted molar refractivity (Wildman–Crippen MR) is 115 cm³/mol. The van der Waals surface area contributed by atoms with E-state index in [1.165, 1.54) is 23.1 Å². The van der Waals surface area contributed by atoms with Crippen LogP contribution in [0.2, 0.25) is 0 Å². The molecule has 4 rings (SSSR count). The van der Waals surface area contributed by atoms with Crippen LogP contribution in [0.1, 0.15) is 63.3 Å². The van der Waals surface area contributed by atoms with Crippen molar-refractivity contribution in [2.45, 2.75) is 32.2 Å². The Hall–Kier alpha value is -4.01. The first-order valence-corrected chi connectivity index (χ1v) is 10.3. The zero-order valence-electron chi connectivity index (χ0n) is 17.7. The van der Waals surface area contributed by atoms with Crippen LogP contribution >= 0.6 is 0 Å². The summed E-state index contributed by atoms with van der Waals surface area (Å²) in [4.78, 5) is 62.8. The van der Waals surface area contributed by atoms with Gasteiger partial charge in [-0.05, 0) is 49.2 Å². The van der Waals surface area contributed by atoms with Crippen LogP contribution < -0.4 is 16.0 Å². The standard InChI is InChI=1S/C23H22N4O5/c1-3-4-10-27-19(29)16-9-8-13(11-17(16)20(27)30)18(28)24-15-7-5-6-14(12-15)23(2)21(31)25-22(32)26-23/h5-9,11-12H,3-4,10H2,1-2H3,(H,24,28)(H2,25,26,31,32). The molecule has 9 nitrogen and oxygen atoms in total. The van der Waals surface area contributed by atoms with Crippen LogP contribution in [0.3, 0.4) is 0 Å². The molecule has 2 heterocycles. The van der Waals surface area contributed by atoms with E-state index in [0.717, 1.165) is 6.42 Å². The minimum absolute atomic E-state index is 0.213. The quantitative estimate of drug-likeness (QED) is 0.476. The average Bonchev–Trinajstić information content (AvgIpc) is 3.18. The summed E-state index contributed by atoms with van der Waals surface area (Å²) in [5.74, 6) is -1.70. The third-order valence-corrected chi connectivity index (χ3v) is 5.71. The number of benzene rings is 2. The molecule has 0 radical (unpaired) electrons. The fourth-order valence-corrected chi connectivity index (χ4v) is 3.81. The minimum atomic E-state index is -1.25. The second-order valence-electron chi connectivity index (χ2n) is 7.94. The van der Waals surface area contributed by atoms with Crippen molar-refractivity contribution in [2.75, 3.05) is 11.9 Å². The summed E-state index contributed by atoms with van der Waals surface area (Å²) in [6.45, 7) is 3.89. The van der Waals surface area contributed by atoms with Crippen molar-refractivity contribution in [2.24, 2.45) is 0 Å². The number of hydrogen-bond acceptors (Lipinski definition) is 5. The van der Waals surface area contributed by atoms with Crippen LogP contribution in [-0.4, -0.2) is 41.1 Å². The van der Waals surface area contributed by atoms with E-state index in [1.54, 1.807) is 31.2 Å². The Labute approximate surface area is 184 Å². The number of unbranched alkanes of at least 4 members (excludes halogenated alkanes) is 1. The highest BCUT2D eigenvalue weighted by atomic mass is 16.2. The van der Waals surface area contributed by atoms with Gasteiger partial charge in [-0.1, -0.05) is 25.5 Å². The molecule has 164 valence electrons. The molecule has 1 unspecified atom stereocenters. The molecule has 1 saturated heterocycles. The number of urea groups is 1. The van der Waals surface area contributed by atoms with Gasteiger partial charge in [-0.2, -0.15) is 0 Å². The summed E-state index contributed by atoms with van der Waals surface area (Å²) in [6.07, 6.45) is 1.57. The van der Waals surface area contributed by atoms with Gasteiger partial charge in [0.15, 0.2) is 0 Å². The lowest BCUT2D eigenvalue weighted by Crippen LogP contribution is -2.40. The maximum Gasteiger partial charge on any atom is 0.322 e. The van der Waals surface area contributed by atoms with Gasteiger partial charge in [-0.25, -0.2) is 4.79 Å². The molecular weight excluding hydrogens is 412 g/mol. The van der Waals surface area contributed by atoms with E-state index in [2.05, 4.69) is 16.0 Å². The Bertz CT molecular complexity index is 1170. The first-order chi connectivity index (χ1) is 15.2. The Morgan fingerprint density at radius 2 is 1.78 bits per heavy atom. The van der Waals surface area contributed by atoms with Crippen molar-refractivity contribution in [1.29, 1.82) is 0 Å². The van der Waals surface area contributed by atoms with Crippen LogP contribution in [0.5, 0.6) is 0 Å². The molecule has 0 saturated carbocycles. The van der Waals surface area contributed by atoms with Crippen molar-refractivity contribution < 1.29 is 24.0 Å². The maximum absolute atomic E-state index is 12.8. The summed E-state index contributed by atoms with van der Waals surface area (Å²) in [7, 11) is 0. The van der Waals surface area contributed by atoms with Crippen molar-refractivity contribution in [3.8, 4) is 0 Å². The Kier molecular flexibility index (Phi) is 5.25. The number of imide groups is 2. The van der Waals surface area contributed by atoms with Gasteiger partial charge in [0.2, 0.25) is 0 Å². The monoisotopic (exact) mass is 434 g/mol. The van der Waals surface area contributed by atoms with Crippen LogP contribution in [0.15, 0.2) is 42.5 Å². The van der Waals surface area contributed by atoms with E-state index in [0.29, 0.717) is 29.8 Å². The predicted octanol–water partition coefficient (Wildman–Crippen LogP) is 2.39. The molecule has 1 fully saturated rings. The van der Waals surface area contributed by atoms with Crippen LogP contribution in [0.4, 0.5) is 10.5 Å². The van der Waals surface area contributed by atoms with Crippen LogP contribution in [-0.2, 0) is 10.3 Å². The first kappa shape index (κ1) is 21.2. The van der Waals surface area contributed by atoms with Gasteiger partial charge in [0.05, 0.1) is 11.1 Å². The second-order valence-corrected chi connectivity index (χ2v) is 7.94. The number of rotatable bonds is 6. The smallest absolute Gasteiger partial charge is 0.322 e. The van der Waals surface area contributed by atoms with E-state index >= 15 is 0 Å². The molecule has 2 aliphatic heterocycles. The fourth-order valence-electron chi connectivity index (χ4n) is 3.81. The summed E-state index contributed by atoms with van der Waals surface area (Å²) < 4.78 is 0. The lowest BCUT2D eigenvalue weighted by Gasteiger charge is -2.21. The van der Waals surface area contributed by atoms with Gasteiger partial charge in [-0.3, -0.25) is 29.4 Å². The molecule has 32 heavy (non-hydrogen) atoms. The van der Waals surface area contributed by atoms with Crippen LogP contribution in [0, 0.1) is 0 Å². The molecule has 0 aromatic heterocycles. The number of carbonyl (C=O) groups is 5. The molecule has 3 N–H and O–H groups in total. The third-order valence-electron chi connectivity index (χ3n) is 5.71. The highest BCUT2D eigenvalue weighted by molar-refractivity contribution is 6.22. The molecule has 0 bridgehead atoms. The fraction of sp³-hybridized carbons (Fsp3) is 0.261. The first-order valence-electron chi connectivity index (χ1n) is 10.3. The van der Waals surface area contributed by atoms with E-state index in [4.69, 9.17) is 0 Å². The normalized spacial score (nSPS) is 19.6. The lowest BCUT2D eigenvalue weighted by molar-refractivity contribution is -0.123. The van der Waals surface area contributed by atoms with Crippen molar-refractivity contribution in [1.82, 2.24) is 15.5 Å². The number of nitrogens with zero attached hydrogens (tertiary/aromatic N) is 1. The molecule has 9 heteroatoms. The maximum atomic E-state index is 12.8. The second kappa shape index (κ2) is 7.92. The number of carbonyl (C=O) groups excluding carboxylic acids is 5. The lowest BCUT2D eigenvalue weighted by atomic mass is 9.92. The number of amides is 6. The molecule has 2 aromatic carbocycles. The molecule has 6 amide bonds. The zero-order valence-corrected chi connectivity index (χ0v) is 17.7. The molecule has 0 aliphatic carbocycles. The van der Waals surface area contributed by atoms with Gasteiger partial charge < -0.3 is 10.6 Å². The molecule has 1 atom stereocenters. The zero-order chi connectivity index (χ0) is 23.0. The molecule has 2 aromatic rings. The topological polar surface area (TPSA) is 125 Å². The highest BCUT2D eigenvalue weighted by Crippen LogP contribution is 2.28. The number of anilines is 1. The average molecular weight is 434 g/mol. The van der Waals surface area contributed by atoms with E-state index in [1.807, 2.05) is 6.92 Å². The third kappa shape index (κ3) is 3.51. The Morgan fingerprint density at radius 1 is 1.03 bits per heavy atom. The van der Waals surface area contributed by atoms with Gasteiger partial charge >= 0.3 is 6.03 Å². The minimum Gasteiger partial charge on any atom is -0.322 e. The summed E-state index contributed by atoms with van der Waals surface area (Å²) >= 11 is 0. The van der Waals surface area contributed by atoms with Crippen molar-refractivity contribution in [3.63, 3.8) is 0 Å². The van der Waals surface area contributed by atoms with Gasteiger partial charge in [-0.15, -0.1) is 0 Å². The highest BCUT2D eigenvalue weighted by Gasteiger charge is 2.43. The SMILES string of the molecule is CCCCN1C(=O)c2ccc(C(=O)Nc3cccc(C4(C)NC(=O)NC4=O)c3)cc2C1=O. The van der Waals surface area contributed by atoms with Crippen molar-refractivity contribution in [3.05, 3.63) is 64.7 Å². The van der Waals surface area contributed by atoms with Crippen LogP contribution in [0.25, 0.3) is 0 Å². The Balaban J connectivity index is 1.55.